The predicted molar refractivity (Wildman–Crippen MR) is 143 cm³/mol. The molecule has 2 rings (SSSR count). The van der Waals surface area contributed by atoms with Crippen molar-refractivity contribution in [2.45, 2.75) is 49.1 Å². The Morgan fingerprint density at radius 3 is 2.48 bits per heavy atom. The van der Waals surface area contributed by atoms with Crippen LogP contribution in [0.2, 0.25) is 5.02 Å². The Balaban J connectivity index is 2.09. The highest BCUT2D eigenvalue weighted by molar-refractivity contribution is 6.30. The Hall–Kier alpha value is -3.04. The van der Waals surface area contributed by atoms with Crippen molar-refractivity contribution in [2.75, 3.05) is 46.2 Å². The quantitative estimate of drug-likeness (QED) is 0.0668. The number of ether oxygens (including phenoxy) is 4. The summed E-state index contributed by atoms with van der Waals surface area (Å²) in [6.07, 6.45) is -3.10. The van der Waals surface area contributed by atoms with E-state index in [0.29, 0.717) is 5.56 Å². The fourth-order valence-corrected chi connectivity index (χ4v) is 4.36. The van der Waals surface area contributed by atoms with Crippen molar-refractivity contribution >= 4 is 29.4 Å². The van der Waals surface area contributed by atoms with Crippen molar-refractivity contribution in [2.24, 2.45) is 0 Å². The van der Waals surface area contributed by atoms with Gasteiger partial charge in [0.15, 0.2) is 0 Å². The first-order valence-electron chi connectivity index (χ1n) is 12.8. The molecule has 1 saturated heterocycles. The molecule has 1 aliphatic heterocycles. The van der Waals surface area contributed by atoms with Crippen LogP contribution in [0.4, 0.5) is 0 Å². The van der Waals surface area contributed by atoms with Crippen molar-refractivity contribution in [1.82, 2.24) is 10.6 Å². The molecule has 1 aromatic carbocycles. The second-order valence-electron chi connectivity index (χ2n) is 9.24. The molecule has 1 heterocycles. The Kier molecular flexibility index (Phi) is 14.4. The summed E-state index contributed by atoms with van der Waals surface area (Å²) in [6.45, 7) is -1.59. The molecule has 1 fully saturated rings. The van der Waals surface area contributed by atoms with Crippen molar-refractivity contribution in [3.05, 3.63) is 28.8 Å². The molecule has 15 nitrogen and oxygen atoms in total. The third kappa shape index (κ3) is 10.7. The molecule has 234 valence electrons. The summed E-state index contributed by atoms with van der Waals surface area (Å²) < 4.78 is 21.3. The number of terminal acetylenes is 1. The maximum absolute atomic E-state index is 12.4. The molecule has 0 spiro atoms. The lowest BCUT2D eigenvalue weighted by molar-refractivity contribution is -0.312. The maximum Gasteiger partial charge on any atom is 0.364 e. The SMILES string of the molecule is C#CCOCCOCCO[C@]1(C(=O)O)C[C@H](O)[C@@H](NC(=O)CO)[C@H]([C@H](O)[C@H](O)CNC(=O)Cc2cc(O)cc(Cl)c2)O1. The fraction of sp³-hybridized carbons (Fsp3) is 0.577. The first-order chi connectivity index (χ1) is 19.9. The number of hydrogen-bond donors (Lipinski definition) is 8. The lowest BCUT2D eigenvalue weighted by Gasteiger charge is -2.46. The van der Waals surface area contributed by atoms with Crippen LogP contribution in [-0.4, -0.2) is 131 Å². The van der Waals surface area contributed by atoms with E-state index < -0.39 is 73.6 Å². The first kappa shape index (κ1) is 35.2. The monoisotopic (exact) mass is 618 g/mol. The molecular weight excluding hydrogens is 584 g/mol. The number of hydrogen-bond acceptors (Lipinski definition) is 12. The van der Waals surface area contributed by atoms with Gasteiger partial charge in [0.2, 0.25) is 11.8 Å². The van der Waals surface area contributed by atoms with Crippen LogP contribution >= 0.6 is 11.6 Å². The van der Waals surface area contributed by atoms with Gasteiger partial charge in [0.25, 0.3) is 5.79 Å². The molecule has 0 aliphatic carbocycles. The zero-order valence-electron chi connectivity index (χ0n) is 22.5. The van der Waals surface area contributed by atoms with Crippen LogP contribution in [0, 0.1) is 12.3 Å². The first-order valence-corrected chi connectivity index (χ1v) is 13.1. The van der Waals surface area contributed by atoms with E-state index >= 15 is 0 Å². The minimum atomic E-state index is -2.52. The van der Waals surface area contributed by atoms with E-state index in [1.165, 1.54) is 18.2 Å². The minimum Gasteiger partial charge on any atom is -0.508 e. The van der Waals surface area contributed by atoms with Crippen LogP contribution < -0.4 is 10.6 Å². The lowest BCUT2D eigenvalue weighted by atomic mass is 9.88. The van der Waals surface area contributed by atoms with E-state index in [1.807, 2.05) is 0 Å². The van der Waals surface area contributed by atoms with Gasteiger partial charge in [-0.1, -0.05) is 17.5 Å². The number of halogens is 1. The number of carbonyl (C=O) groups is 3. The highest BCUT2D eigenvalue weighted by Crippen LogP contribution is 2.33. The number of carbonyl (C=O) groups excluding carboxylic acids is 2. The average Bonchev–Trinajstić information content (AvgIpc) is 2.93. The summed E-state index contributed by atoms with van der Waals surface area (Å²) in [4.78, 5) is 36.5. The van der Waals surface area contributed by atoms with Gasteiger partial charge in [0.05, 0.1) is 51.1 Å². The van der Waals surface area contributed by atoms with E-state index in [9.17, 15) is 39.9 Å². The van der Waals surface area contributed by atoms with E-state index in [-0.39, 0.29) is 50.2 Å². The van der Waals surface area contributed by atoms with Gasteiger partial charge < -0.3 is 60.2 Å². The number of phenols is 1. The fourth-order valence-electron chi connectivity index (χ4n) is 4.10. The van der Waals surface area contributed by atoms with Crippen LogP contribution in [-0.2, 0) is 39.8 Å². The molecule has 0 unspecified atom stereocenters. The number of benzene rings is 1. The third-order valence-corrected chi connectivity index (χ3v) is 6.25. The number of phenolic OH excluding ortho intramolecular Hbond substituents is 1. The summed E-state index contributed by atoms with van der Waals surface area (Å²) in [5.74, 6) is -3.66. The second kappa shape index (κ2) is 17.2. The minimum absolute atomic E-state index is 0.0907. The number of aliphatic carboxylic acids is 1. The van der Waals surface area contributed by atoms with E-state index in [0.717, 1.165) is 0 Å². The Labute approximate surface area is 246 Å². The van der Waals surface area contributed by atoms with Gasteiger partial charge in [0, 0.05) is 18.0 Å². The van der Waals surface area contributed by atoms with Gasteiger partial charge in [-0.15, -0.1) is 6.42 Å². The highest BCUT2D eigenvalue weighted by Gasteiger charge is 2.55. The molecule has 42 heavy (non-hydrogen) atoms. The number of aromatic hydroxyl groups is 1. The van der Waals surface area contributed by atoms with Crippen molar-refractivity contribution in [3.8, 4) is 18.1 Å². The number of nitrogens with one attached hydrogen (secondary N) is 2. The lowest BCUT2D eigenvalue weighted by Crippen LogP contribution is -2.68. The zero-order chi connectivity index (χ0) is 31.3. The molecule has 1 aromatic rings. The summed E-state index contributed by atoms with van der Waals surface area (Å²) in [5.41, 5.74) is 0.366. The molecule has 6 atom stereocenters. The molecule has 0 radical (unpaired) electrons. The van der Waals surface area contributed by atoms with E-state index in [2.05, 4.69) is 16.6 Å². The number of carboxylic acid groups (broad SMARTS) is 1. The van der Waals surface area contributed by atoms with Gasteiger partial charge >= 0.3 is 5.97 Å². The second-order valence-corrected chi connectivity index (χ2v) is 9.67. The smallest absolute Gasteiger partial charge is 0.364 e. The van der Waals surface area contributed by atoms with Crippen LogP contribution in [0.5, 0.6) is 5.75 Å². The Morgan fingerprint density at radius 2 is 1.83 bits per heavy atom. The van der Waals surface area contributed by atoms with E-state index in [1.54, 1.807) is 0 Å². The molecule has 8 N–H and O–H groups in total. The Morgan fingerprint density at radius 1 is 1.14 bits per heavy atom. The van der Waals surface area contributed by atoms with E-state index in [4.69, 9.17) is 42.1 Å². The van der Waals surface area contributed by atoms with Crippen LogP contribution in [0.1, 0.15) is 12.0 Å². The average molecular weight is 619 g/mol. The largest absolute Gasteiger partial charge is 0.508 e. The topological polar surface area (TPSA) is 234 Å². The molecule has 0 aromatic heterocycles. The molecule has 16 heteroatoms. The van der Waals surface area contributed by atoms with Gasteiger partial charge in [-0.25, -0.2) is 4.79 Å². The van der Waals surface area contributed by atoms with Crippen molar-refractivity contribution in [3.63, 3.8) is 0 Å². The molecule has 2 amide bonds. The van der Waals surface area contributed by atoms with Crippen molar-refractivity contribution < 1.29 is 64.0 Å². The van der Waals surface area contributed by atoms with Gasteiger partial charge in [0.1, 0.15) is 31.2 Å². The normalized spacial score (nSPS) is 23.4. The third-order valence-electron chi connectivity index (χ3n) is 6.04. The van der Waals surface area contributed by atoms with Gasteiger partial charge in [-0.3, -0.25) is 9.59 Å². The molecular formula is C26H35ClN2O13. The predicted octanol–water partition coefficient (Wildman–Crippen LogP) is -2.48. The number of aliphatic hydroxyl groups excluding tert-OH is 4. The van der Waals surface area contributed by atoms with Gasteiger partial charge in [-0.05, 0) is 23.8 Å². The van der Waals surface area contributed by atoms with Crippen molar-refractivity contribution in [1.29, 1.82) is 0 Å². The number of amides is 2. The van der Waals surface area contributed by atoms with Crippen LogP contribution in [0.3, 0.4) is 0 Å². The van der Waals surface area contributed by atoms with Crippen LogP contribution in [0.15, 0.2) is 18.2 Å². The maximum atomic E-state index is 12.4. The molecule has 0 saturated carbocycles. The van der Waals surface area contributed by atoms with Crippen LogP contribution in [0.25, 0.3) is 0 Å². The Bertz CT molecular complexity index is 1080. The number of carboxylic acids is 1. The summed E-state index contributed by atoms with van der Waals surface area (Å²) >= 11 is 5.86. The summed E-state index contributed by atoms with van der Waals surface area (Å²) in [5, 5.41) is 65.8. The standard InChI is InChI=1S/C26H35ClN2O13/c1-2-3-39-4-5-40-6-7-41-26(25(37)38)12-18(32)22(29-21(35)14-30)24(42-26)23(36)19(33)13-28-20(34)10-15-8-16(27)11-17(31)9-15/h1,8-9,11,18-19,22-24,30-33,36H,3-7,10,12-14H2,(H,28,34)(H,29,35)(H,37,38)/t18-,19+,22+,23+,24+,26+/m0/s1. The zero-order valence-corrected chi connectivity index (χ0v) is 23.2. The summed E-state index contributed by atoms with van der Waals surface area (Å²) in [7, 11) is 0. The highest BCUT2D eigenvalue weighted by atomic mass is 35.5. The number of aliphatic hydroxyl groups is 4. The summed E-state index contributed by atoms with van der Waals surface area (Å²) in [6, 6.07) is 2.55. The number of rotatable bonds is 17. The molecule has 1 aliphatic rings. The van der Waals surface area contributed by atoms with Gasteiger partial charge in [-0.2, -0.15) is 0 Å². The molecule has 0 bridgehead atoms.